The number of hydrogen-bond acceptors (Lipinski definition) is 4. The largest absolute Gasteiger partial charge is 0.446 e. The van der Waals surface area contributed by atoms with Gasteiger partial charge in [-0.1, -0.05) is 6.42 Å². The lowest BCUT2D eigenvalue weighted by molar-refractivity contribution is -0.0219. The molecule has 0 heterocycles. The van der Waals surface area contributed by atoms with Crippen LogP contribution in [-0.4, -0.2) is 38.5 Å². The zero-order chi connectivity index (χ0) is 13.5. The Bertz CT molecular complexity index is 296. The van der Waals surface area contributed by atoms with Gasteiger partial charge in [-0.05, 0) is 26.2 Å². The van der Waals surface area contributed by atoms with Crippen molar-refractivity contribution in [3.8, 4) is 0 Å². The molecule has 1 saturated carbocycles. The van der Waals surface area contributed by atoms with Crippen molar-refractivity contribution in [2.24, 2.45) is 5.92 Å². The molecule has 0 radical (unpaired) electrons. The quantitative estimate of drug-likeness (QED) is 0.807. The first-order valence-corrected chi connectivity index (χ1v) is 6.35. The molecule has 6 nitrogen and oxygen atoms in total. The molecule has 0 bridgehead atoms. The van der Waals surface area contributed by atoms with Crippen molar-refractivity contribution in [2.75, 3.05) is 14.1 Å². The topological polar surface area (TPSA) is 76.7 Å². The molecule has 104 valence electrons. The lowest BCUT2D eigenvalue weighted by Gasteiger charge is -2.34. The number of nitrogens with one attached hydrogen (secondary N) is 2. The minimum Gasteiger partial charge on any atom is -0.446 e. The van der Waals surface area contributed by atoms with Crippen LogP contribution in [0.1, 0.15) is 32.6 Å². The highest BCUT2D eigenvalue weighted by Gasteiger charge is 2.34. The van der Waals surface area contributed by atoms with Crippen LogP contribution in [0.25, 0.3) is 0 Å². The summed E-state index contributed by atoms with van der Waals surface area (Å²) in [7, 11) is 3.05. The first-order chi connectivity index (χ1) is 8.58. The van der Waals surface area contributed by atoms with E-state index in [-0.39, 0.29) is 18.1 Å². The van der Waals surface area contributed by atoms with Gasteiger partial charge in [-0.15, -0.1) is 0 Å². The highest BCUT2D eigenvalue weighted by atomic mass is 16.6. The third-order valence-electron chi connectivity index (χ3n) is 3.32. The van der Waals surface area contributed by atoms with Gasteiger partial charge in [-0.3, -0.25) is 0 Å². The van der Waals surface area contributed by atoms with E-state index in [0.29, 0.717) is 0 Å². The van der Waals surface area contributed by atoms with Crippen molar-refractivity contribution in [3.63, 3.8) is 0 Å². The number of carbonyl (C=O) groups is 2. The summed E-state index contributed by atoms with van der Waals surface area (Å²) in [5.41, 5.74) is 0. The Kier molecular flexibility index (Phi) is 5.74. The fourth-order valence-corrected chi connectivity index (χ4v) is 2.32. The van der Waals surface area contributed by atoms with E-state index in [9.17, 15) is 9.59 Å². The van der Waals surface area contributed by atoms with Crippen LogP contribution in [0, 0.1) is 5.92 Å². The van der Waals surface area contributed by atoms with Crippen LogP contribution in [0.3, 0.4) is 0 Å². The molecule has 0 unspecified atom stereocenters. The summed E-state index contributed by atoms with van der Waals surface area (Å²) in [5.74, 6) is 0.0633. The highest BCUT2D eigenvalue weighted by Crippen LogP contribution is 2.30. The van der Waals surface area contributed by atoms with Crippen LogP contribution in [0.2, 0.25) is 0 Å². The zero-order valence-electron chi connectivity index (χ0n) is 11.2. The van der Waals surface area contributed by atoms with Gasteiger partial charge in [0, 0.05) is 20.0 Å². The molecule has 0 aromatic carbocycles. The first kappa shape index (κ1) is 14.6. The fourth-order valence-electron chi connectivity index (χ4n) is 2.32. The molecule has 0 aromatic rings. The average molecular weight is 258 g/mol. The standard InChI is InChI=1S/C12H22N2O4/c1-8(17-11(15)13-2)9-6-4-5-7-10(9)18-12(16)14-3/h8-10H,4-7H2,1-3H3,(H,13,15)(H,14,16)/t8-,9+,10-/m0/s1. The van der Waals surface area contributed by atoms with Crippen molar-refractivity contribution in [1.82, 2.24) is 10.6 Å². The summed E-state index contributed by atoms with van der Waals surface area (Å²) in [4.78, 5) is 22.5. The average Bonchev–Trinajstić information content (AvgIpc) is 2.38. The Labute approximate surface area is 107 Å². The van der Waals surface area contributed by atoms with E-state index in [1.54, 1.807) is 0 Å². The van der Waals surface area contributed by atoms with Gasteiger partial charge >= 0.3 is 12.2 Å². The molecule has 18 heavy (non-hydrogen) atoms. The van der Waals surface area contributed by atoms with Crippen LogP contribution in [0.5, 0.6) is 0 Å². The van der Waals surface area contributed by atoms with Crippen molar-refractivity contribution >= 4 is 12.2 Å². The number of amides is 2. The molecule has 2 N–H and O–H groups in total. The highest BCUT2D eigenvalue weighted by molar-refractivity contribution is 5.67. The van der Waals surface area contributed by atoms with Crippen molar-refractivity contribution in [2.45, 2.75) is 44.8 Å². The summed E-state index contributed by atoms with van der Waals surface area (Å²) < 4.78 is 10.6. The van der Waals surface area contributed by atoms with Crippen molar-refractivity contribution in [3.05, 3.63) is 0 Å². The molecule has 3 atom stereocenters. The predicted molar refractivity (Wildman–Crippen MR) is 66.3 cm³/mol. The maximum Gasteiger partial charge on any atom is 0.407 e. The third-order valence-corrected chi connectivity index (χ3v) is 3.32. The number of hydrogen-bond donors (Lipinski definition) is 2. The second kappa shape index (κ2) is 7.08. The molecule has 1 aliphatic rings. The lowest BCUT2D eigenvalue weighted by atomic mass is 9.83. The van der Waals surface area contributed by atoms with E-state index < -0.39 is 12.2 Å². The second-order valence-electron chi connectivity index (χ2n) is 4.50. The molecule has 0 aromatic heterocycles. The Hall–Kier alpha value is -1.46. The summed E-state index contributed by atoms with van der Waals surface area (Å²) in [6.45, 7) is 1.84. The number of rotatable bonds is 3. The van der Waals surface area contributed by atoms with E-state index in [4.69, 9.17) is 9.47 Å². The Balaban J connectivity index is 2.57. The predicted octanol–water partition coefficient (Wildman–Crippen LogP) is 1.65. The van der Waals surface area contributed by atoms with Crippen molar-refractivity contribution < 1.29 is 19.1 Å². The van der Waals surface area contributed by atoms with Crippen LogP contribution >= 0.6 is 0 Å². The summed E-state index contributed by atoms with van der Waals surface area (Å²) >= 11 is 0. The van der Waals surface area contributed by atoms with Crippen LogP contribution < -0.4 is 10.6 Å². The number of carbonyl (C=O) groups excluding carboxylic acids is 2. The normalized spacial score (nSPS) is 24.8. The molecule has 1 fully saturated rings. The lowest BCUT2D eigenvalue weighted by Crippen LogP contribution is -2.41. The van der Waals surface area contributed by atoms with Gasteiger partial charge in [-0.25, -0.2) is 9.59 Å². The molecule has 6 heteroatoms. The van der Waals surface area contributed by atoms with Gasteiger partial charge in [0.2, 0.25) is 0 Å². The van der Waals surface area contributed by atoms with Gasteiger partial charge in [-0.2, -0.15) is 0 Å². The first-order valence-electron chi connectivity index (χ1n) is 6.35. The minimum absolute atomic E-state index is 0.0633. The van der Waals surface area contributed by atoms with Crippen LogP contribution in [-0.2, 0) is 9.47 Å². The van der Waals surface area contributed by atoms with E-state index in [1.165, 1.54) is 14.1 Å². The minimum atomic E-state index is -0.452. The monoisotopic (exact) mass is 258 g/mol. The SMILES string of the molecule is CNC(=O)O[C@@H](C)[C@H]1CCCC[C@@H]1OC(=O)NC. The maximum absolute atomic E-state index is 11.3. The molecule has 1 rings (SSSR count). The Morgan fingerprint density at radius 3 is 2.33 bits per heavy atom. The van der Waals surface area contributed by atoms with Crippen molar-refractivity contribution in [1.29, 1.82) is 0 Å². The molecular formula is C12H22N2O4. The van der Waals surface area contributed by atoms with Gasteiger partial charge in [0.15, 0.2) is 0 Å². The van der Waals surface area contributed by atoms with Crippen LogP contribution in [0.15, 0.2) is 0 Å². The second-order valence-corrected chi connectivity index (χ2v) is 4.50. The number of ether oxygens (including phenoxy) is 2. The van der Waals surface area contributed by atoms with E-state index in [0.717, 1.165) is 25.7 Å². The van der Waals surface area contributed by atoms with Gasteiger partial charge < -0.3 is 20.1 Å². The third kappa shape index (κ3) is 4.09. The van der Waals surface area contributed by atoms with E-state index >= 15 is 0 Å². The maximum atomic E-state index is 11.3. The van der Waals surface area contributed by atoms with Gasteiger partial charge in [0.25, 0.3) is 0 Å². The van der Waals surface area contributed by atoms with E-state index in [1.807, 2.05) is 6.92 Å². The molecule has 1 aliphatic carbocycles. The summed E-state index contributed by atoms with van der Waals surface area (Å²) in [6, 6.07) is 0. The van der Waals surface area contributed by atoms with Gasteiger partial charge in [0.1, 0.15) is 12.2 Å². The van der Waals surface area contributed by atoms with Crippen LogP contribution in [0.4, 0.5) is 9.59 Å². The molecule has 2 amide bonds. The van der Waals surface area contributed by atoms with Gasteiger partial charge in [0.05, 0.1) is 0 Å². The molecule has 0 aliphatic heterocycles. The fraction of sp³-hybridized carbons (Fsp3) is 0.833. The molecular weight excluding hydrogens is 236 g/mol. The smallest absolute Gasteiger partial charge is 0.407 e. The molecule has 0 spiro atoms. The van der Waals surface area contributed by atoms with E-state index in [2.05, 4.69) is 10.6 Å². The zero-order valence-corrected chi connectivity index (χ0v) is 11.2. The Morgan fingerprint density at radius 1 is 1.11 bits per heavy atom. The Morgan fingerprint density at radius 2 is 1.72 bits per heavy atom. The summed E-state index contributed by atoms with van der Waals surface area (Å²) in [6.07, 6.45) is 2.49. The summed E-state index contributed by atoms with van der Waals surface area (Å²) in [5, 5.41) is 4.86. The number of alkyl carbamates (subject to hydrolysis) is 2. The molecule has 0 saturated heterocycles.